The van der Waals surface area contributed by atoms with Crippen LogP contribution in [0.2, 0.25) is 0 Å². The first kappa shape index (κ1) is 14.8. The van der Waals surface area contributed by atoms with E-state index < -0.39 is 12.6 Å². The summed E-state index contributed by atoms with van der Waals surface area (Å²) in [6, 6.07) is 12.4. The predicted octanol–water partition coefficient (Wildman–Crippen LogP) is 3.07. The average molecular weight is 310 g/mol. The van der Waals surface area contributed by atoms with Crippen LogP contribution in [0.15, 0.2) is 48.2 Å². The molecular formula is C18H14O5. The molecule has 2 aromatic rings. The number of hydrogen-bond donors (Lipinski definition) is 1. The van der Waals surface area contributed by atoms with Crippen molar-refractivity contribution in [1.29, 1.82) is 0 Å². The number of aryl methyl sites for hydroxylation is 1. The van der Waals surface area contributed by atoms with E-state index in [9.17, 15) is 9.59 Å². The standard InChI is InChI=1S/C18H14O5/c1-11-2-4-12(5-3-11)8-16-18(21)14-7-6-13(9-15(14)23-16)22-10-17(19)20/h2-9H,10H2,1H3,(H,19,20)/b16-8-. The summed E-state index contributed by atoms with van der Waals surface area (Å²) in [4.78, 5) is 22.8. The smallest absolute Gasteiger partial charge is 0.341 e. The van der Waals surface area contributed by atoms with Crippen molar-refractivity contribution in [3.8, 4) is 11.5 Å². The number of ether oxygens (including phenoxy) is 2. The molecule has 0 unspecified atom stereocenters. The molecular weight excluding hydrogens is 296 g/mol. The molecule has 5 nitrogen and oxygen atoms in total. The zero-order valence-corrected chi connectivity index (χ0v) is 12.4. The number of rotatable bonds is 4. The lowest BCUT2D eigenvalue weighted by molar-refractivity contribution is -0.139. The van der Waals surface area contributed by atoms with E-state index in [-0.39, 0.29) is 11.5 Å². The number of carboxylic acid groups (broad SMARTS) is 1. The molecule has 0 aliphatic carbocycles. The normalized spacial score (nSPS) is 14.5. The molecule has 1 aliphatic heterocycles. The Bertz CT molecular complexity index is 803. The first-order valence-corrected chi connectivity index (χ1v) is 7.02. The topological polar surface area (TPSA) is 72.8 Å². The fourth-order valence-corrected chi connectivity index (χ4v) is 2.22. The monoisotopic (exact) mass is 310 g/mol. The first-order valence-electron chi connectivity index (χ1n) is 7.02. The van der Waals surface area contributed by atoms with Crippen LogP contribution in [0.4, 0.5) is 0 Å². The SMILES string of the molecule is Cc1ccc(/C=C2\Oc3cc(OCC(=O)O)ccc3C2=O)cc1. The molecule has 0 saturated carbocycles. The van der Waals surface area contributed by atoms with Gasteiger partial charge in [-0.15, -0.1) is 0 Å². The maximum atomic E-state index is 12.3. The molecule has 116 valence electrons. The van der Waals surface area contributed by atoms with Gasteiger partial charge in [0.1, 0.15) is 11.5 Å². The van der Waals surface area contributed by atoms with Crippen LogP contribution in [0, 0.1) is 6.92 Å². The Morgan fingerprint density at radius 3 is 2.65 bits per heavy atom. The molecule has 1 heterocycles. The van der Waals surface area contributed by atoms with Gasteiger partial charge in [-0.1, -0.05) is 29.8 Å². The number of allylic oxidation sites excluding steroid dienone is 1. The fourth-order valence-electron chi connectivity index (χ4n) is 2.22. The van der Waals surface area contributed by atoms with Gasteiger partial charge in [-0.2, -0.15) is 0 Å². The lowest BCUT2D eigenvalue weighted by Crippen LogP contribution is -2.09. The number of benzene rings is 2. The number of Topliss-reactive ketones (excluding diaryl/α,β-unsaturated/α-hetero) is 1. The maximum absolute atomic E-state index is 12.3. The fraction of sp³-hybridized carbons (Fsp3) is 0.111. The Balaban J connectivity index is 1.83. The molecule has 3 rings (SSSR count). The number of ketones is 1. The number of fused-ring (bicyclic) bond motifs is 1. The number of carboxylic acids is 1. The van der Waals surface area contributed by atoms with Crippen molar-refractivity contribution in [2.45, 2.75) is 6.92 Å². The van der Waals surface area contributed by atoms with Gasteiger partial charge in [0, 0.05) is 6.07 Å². The molecule has 0 aromatic heterocycles. The second kappa shape index (κ2) is 5.96. The molecule has 2 aromatic carbocycles. The minimum absolute atomic E-state index is 0.203. The molecule has 0 radical (unpaired) electrons. The van der Waals surface area contributed by atoms with Gasteiger partial charge in [0.05, 0.1) is 5.56 Å². The van der Waals surface area contributed by atoms with Gasteiger partial charge in [-0.05, 0) is 30.7 Å². The number of hydrogen-bond acceptors (Lipinski definition) is 4. The molecule has 5 heteroatoms. The summed E-state index contributed by atoms with van der Waals surface area (Å²) in [5.41, 5.74) is 2.44. The highest BCUT2D eigenvalue weighted by molar-refractivity contribution is 6.14. The summed E-state index contributed by atoms with van der Waals surface area (Å²) in [5.74, 6) is -0.321. The molecule has 1 N–H and O–H groups in total. The zero-order chi connectivity index (χ0) is 16.4. The third-order valence-electron chi connectivity index (χ3n) is 3.38. The minimum Gasteiger partial charge on any atom is -0.482 e. The minimum atomic E-state index is -1.07. The maximum Gasteiger partial charge on any atom is 0.341 e. The Labute approximate surface area is 132 Å². The Morgan fingerprint density at radius 2 is 1.96 bits per heavy atom. The summed E-state index contributed by atoms with van der Waals surface area (Å²) in [7, 11) is 0. The van der Waals surface area contributed by atoms with Crippen LogP contribution in [0.5, 0.6) is 11.5 Å². The van der Waals surface area contributed by atoms with E-state index in [0.29, 0.717) is 17.1 Å². The highest BCUT2D eigenvalue weighted by Gasteiger charge is 2.27. The second-order valence-electron chi connectivity index (χ2n) is 5.19. The van der Waals surface area contributed by atoms with E-state index in [4.69, 9.17) is 14.6 Å². The van der Waals surface area contributed by atoms with Gasteiger partial charge in [-0.25, -0.2) is 4.79 Å². The summed E-state index contributed by atoms with van der Waals surface area (Å²) < 4.78 is 10.7. The molecule has 0 spiro atoms. The zero-order valence-electron chi connectivity index (χ0n) is 12.4. The Morgan fingerprint density at radius 1 is 1.22 bits per heavy atom. The van der Waals surface area contributed by atoms with E-state index in [1.165, 1.54) is 6.07 Å². The van der Waals surface area contributed by atoms with E-state index in [1.54, 1.807) is 18.2 Å². The van der Waals surface area contributed by atoms with Crippen molar-refractivity contribution in [3.63, 3.8) is 0 Å². The summed E-state index contributed by atoms with van der Waals surface area (Å²) in [5, 5.41) is 8.62. The predicted molar refractivity (Wildman–Crippen MR) is 83.7 cm³/mol. The van der Waals surface area contributed by atoms with Gasteiger partial charge in [-0.3, -0.25) is 4.79 Å². The van der Waals surface area contributed by atoms with E-state index in [2.05, 4.69) is 0 Å². The lowest BCUT2D eigenvalue weighted by atomic mass is 10.1. The van der Waals surface area contributed by atoms with Crippen LogP contribution >= 0.6 is 0 Å². The van der Waals surface area contributed by atoms with Crippen LogP contribution in [0.1, 0.15) is 21.5 Å². The quantitative estimate of drug-likeness (QED) is 0.879. The summed E-state index contributed by atoms with van der Waals surface area (Å²) >= 11 is 0. The highest BCUT2D eigenvalue weighted by Crippen LogP contribution is 2.34. The van der Waals surface area contributed by atoms with Crippen molar-refractivity contribution in [2.24, 2.45) is 0 Å². The van der Waals surface area contributed by atoms with Crippen LogP contribution in [-0.4, -0.2) is 23.5 Å². The van der Waals surface area contributed by atoms with Crippen molar-refractivity contribution in [2.75, 3.05) is 6.61 Å². The number of carbonyl (C=O) groups excluding carboxylic acids is 1. The van der Waals surface area contributed by atoms with Crippen LogP contribution in [0.25, 0.3) is 6.08 Å². The van der Waals surface area contributed by atoms with Gasteiger partial charge < -0.3 is 14.6 Å². The molecule has 0 atom stereocenters. The largest absolute Gasteiger partial charge is 0.482 e. The van der Waals surface area contributed by atoms with Gasteiger partial charge >= 0.3 is 5.97 Å². The van der Waals surface area contributed by atoms with Crippen molar-refractivity contribution < 1.29 is 24.2 Å². The van der Waals surface area contributed by atoms with Crippen LogP contribution in [-0.2, 0) is 4.79 Å². The van der Waals surface area contributed by atoms with Crippen LogP contribution in [0.3, 0.4) is 0 Å². The van der Waals surface area contributed by atoms with Gasteiger partial charge in [0.15, 0.2) is 12.4 Å². The lowest BCUT2D eigenvalue weighted by Gasteiger charge is -2.04. The molecule has 0 saturated heterocycles. The molecule has 0 bridgehead atoms. The molecule has 23 heavy (non-hydrogen) atoms. The third-order valence-corrected chi connectivity index (χ3v) is 3.38. The van der Waals surface area contributed by atoms with Gasteiger partial charge in [0.2, 0.25) is 5.78 Å². The Kier molecular flexibility index (Phi) is 3.85. The summed E-state index contributed by atoms with van der Waals surface area (Å²) in [6.45, 7) is 1.54. The van der Waals surface area contributed by atoms with Crippen molar-refractivity contribution in [1.82, 2.24) is 0 Å². The van der Waals surface area contributed by atoms with Crippen LogP contribution < -0.4 is 9.47 Å². The van der Waals surface area contributed by atoms with Crippen molar-refractivity contribution >= 4 is 17.8 Å². The third kappa shape index (κ3) is 3.23. The first-order chi connectivity index (χ1) is 11.0. The highest BCUT2D eigenvalue weighted by atomic mass is 16.5. The Hall–Kier alpha value is -3.08. The van der Waals surface area contributed by atoms with E-state index in [1.807, 2.05) is 31.2 Å². The van der Waals surface area contributed by atoms with E-state index >= 15 is 0 Å². The van der Waals surface area contributed by atoms with E-state index in [0.717, 1.165) is 11.1 Å². The molecule has 0 fully saturated rings. The number of aliphatic carboxylic acids is 1. The van der Waals surface area contributed by atoms with Gasteiger partial charge in [0.25, 0.3) is 0 Å². The molecule has 0 amide bonds. The molecule has 1 aliphatic rings. The van der Waals surface area contributed by atoms with Crippen molar-refractivity contribution in [3.05, 3.63) is 64.9 Å². The second-order valence-corrected chi connectivity index (χ2v) is 5.19. The average Bonchev–Trinajstić information content (AvgIpc) is 2.83. The number of carbonyl (C=O) groups is 2. The summed E-state index contributed by atoms with van der Waals surface area (Å²) in [6.07, 6.45) is 1.68.